The second kappa shape index (κ2) is 26.6. The van der Waals surface area contributed by atoms with Crippen LogP contribution in [0.3, 0.4) is 0 Å². The zero-order valence-corrected chi connectivity index (χ0v) is 48.9. The number of likely N-dealkylation sites (tertiary alicyclic amines) is 1. The highest BCUT2D eigenvalue weighted by Crippen LogP contribution is 2.44. The second-order valence-corrected chi connectivity index (χ2v) is 25.1. The third kappa shape index (κ3) is 13.0. The monoisotopic (exact) mass is 1120 g/mol. The van der Waals surface area contributed by atoms with E-state index in [2.05, 4.69) is 94.2 Å². The van der Waals surface area contributed by atoms with Gasteiger partial charge in [0.15, 0.2) is 0 Å². The number of nitrogens with zero attached hydrogens (tertiary/aromatic N) is 8. The molecule has 1 spiro atoms. The van der Waals surface area contributed by atoms with Crippen molar-refractivity contribution in [3.8, 4) is 11.3 Å². The number of methoxy groups -OCH3 is 1. The minimum Gasteiger partial charge on any atom is -0.467 e. The van der Waals surface area contributed by atoms with Gasteiger partial charge in [0.2, 0.25) is 5.91 Å². The normalized spacial score (nSPS) is 23.9. The Bertz CT molecular complexity index is 2600. The summed E-state index contributed by atoms with van der Waals surface area (Å²) in [7, 11) is 5.32. The Balaban J connectivity index is 0.00000360. The van der Waals surface area contributed by atoms with Crippen molar-refractivity contribution in [3.63, 3.8) is 0 Å². The number of aliphatic hydroxyl groups is 1. The lowest BCUT2D eigenvalue weighted by Crippen LogP contribution is -2.73. The zero-order chi connectivity index (χ0) is 56.2. The lowest BCUT2D eigenvalue weighted by molar-refractivity contribution is -0.202. The molecule has 2 aromatic heterocycles. The number of rotatable bonds is 21. The first-order valence-electron chi connectivity index (χ1n) is 29.7. The number of benzene rings is 1. The summed E-state index contributed by atoms with van der Waals surface area (Å²) in [5, 5.41) is 20.7. The topological polar surface area (TPSA) is 190 Å². The highest BCUT2D eigenvalue weighted by atomic mass is 16.5. The van der Waals surface area contributed by atoms with Gasteiger partial charge in [0.25, 0.3) is 12.4 Å². The van der Waals surface area contributed by atoms with E-state index < -0.39 is 17.5 Å². The number of nitrogens with one attached hydrogen (secondary N) is 3. The number of piperidine rings is 1. The maximum absolute atomic E-state index is 15.5. The number of carbonyl (C=O) groups is 4. The summed E-state index contributed by atoms with van der Waals surface area (Å²) in [5.74, 6) is 0.0294. The van der Waals surface area contributed by atoms with E-state index in [1.807, 2.05) is 18.0 Å². The van der Waals surface area contributed by atoms with E-state index in [0.717, 1.165) is 110 Å². The summed E-state index contributed by atoms with van der Waals surface area (Å²) in [5.41, 5.74) is 10.3. The fraction of sp³-hybridized carbons (Fsp3) is 0.721. The van der Waals surface area contributed by atoms with Gasteiger partial charge >= 0.3 is 6.03 Å². The first-order chi connectivity index (χ1) is 38.0. The Kier molecular flexibility index (Phi) is 20.3. The summed E-state index contributed by atoms with van der Waals surface area (Å²) < 4.78 is 19.7. The first kappa shape index (κ1) is 61.2. The number of ether oxygens (including phenoxy) is 3. The molecule has 6 saturated heterocycles. The van der Waals surface area contributed by atoms with Crippen LogP contribution in [-0.2, 0) is 41.6 Å². The molecule has 7 atom stereocenters. The molecule has 0 saturated carbocycles. The molecule has 9 rings (SSSR count). The van der Waals surface area contributed by atoms with Crippen molar-refractivity contribution in [2.24, 2.45) is 22.7 Å². The Hall–Kier alpha value is -4.89. The molecule has 0 radical (unpaired) electrons. The van der Waals surface area contributed by atoms with Gasteiger partial charge in [-0.2, -0.15) is 0 Å². The van der Waals surface area contributed by atoms with Crippen LogP contribution in [0.15, 0.2) is 30.5 Å². The standard InChI is InChI=1S/C60H93N11O8.CH4.2H2/c1-10-69-50-16-15-45(29-47(50)49(30-59(5,6)36-79-39-73)55(69)48-28-44(43-17-21-61-22-18-43)31-62-52(48)42(4)77-9)66(26-27-72)25-19-51(68-34-60(35-68)37-78-38-60)53(57(75)71-24-12-11-20-63-71)64-56(74)54-41(3)40(2)32-67(58(76)65(7)8)33-46-14-13-23-70(46)54;;;/h15-16,28-29,31,39-43,46,51,53-54,61,63,72H,10-14,17-27,30,32-38H2,1-9H3,(H,64,74);1H4;2*1H/t40?,41?,42-,46-,51+,53-,54-;;;/m0.../s1. The molecule has 4 N–H and O–H groups in total. The number of anilines is 1. The predicted octanol–water partition coefficient (Wildman–Crippen LogP) is 6.37. The number of fused-ring (bicyclic) bond motifs is 2. The number of hydrazine groups is 1. The summed E-state index contributed by atoms with van der Waals surface area (Å²) in [6.07, 6.45) is 8.62. The quantitative estimate of drug-likeness (QED) is 0.0862. The van der Waals surface area contributed by atoms with Crippen LogP contribution in [0.4, 0.5) is 10.5 Å². The van der Waals surface area contributed by atoms with E-state index in [1.165, 1.54) is 5.56 Å². The van der Waals surface area contributed by atoms with E-state index >= 15 is 9.59 Å². The fourth-order valence-electron chi connectivity index (χ4n) is 14.0. The van der Waals surface area contributed by atoms with Crippen molar-refractivity contribution in [2.45, 2.75) is 143 Å². The largest absolute Gasteiger partial charge is 0.467 e. The lowest BCUT2D eigenvalue weighted by atomic mass is 9.76. The molecule has 0 bridgehead atoms. The minimum absolute atomic E-state index is 0. The van der Waals surface area contributed by atoms with Crippen molar-refractivity contribution in [1.29, 1.82) is 0 Å². The number of hydrogen-bond donors (Lipinski definition) is 4. The molecule has 3 aromatic rings. The van der Waals surface area contributed by atoms with E-state index in [9.17, 15) is 14.7 Å². The molecule has 80 heavy (non-hydrogen) atoms. The Labute approximate surface area is 479 Å². The molecular weight excluding hydrogens is 1010 g/mol. The van der Waals surface area contributed by atoms with Crippen molar-refractivity contribution in [2.75, 3.05) is 125 Å². The number of urea groups is 1. The summed E-state index contributed by atoms with van der Waals surface area (Å²) in [4.78, 5) is 71.7. The SMILES string of the molecule is C.CCn1c(-c2cc(C3CCNCC3)cnc2[C@H](C)OC)c(CC(C)(C)COC=O)c2cc(N(CCO)CC[C@H]([C@H](NC(=O)[C@@H]3C(C)C(C)CN(C(=O)N(C)C)C[C@@H]4CCCN43)C(=O)N3CCCCN3)N3CC4(COC4)C3)ccc21.[HH].[HH]. The Morgan fingerprint density at radius 2 is 1.80 bits per heavy atom. The average Bonchev–Trinajstić information content (AvgIpc) is 3.55. The smallest absolute Gasteiger partial charge is 0.319 e. The van der Waals surface area contributed by atoms with Gasteiger partial charge in [0.1, 0.15) is 6.04 Å². The van der Waals surface area contributed by atoms with Crippen molar-refractivity contribution in [3.05, 3.63) is 47.3 Å². The van der Waals surface area contributed by atoms with Crippen LogP contribution in [0.2, 0.25) is 0 Å². The molecule has 448 valence electrons. The second-order valence-electron chi connectivity index (χ2n) is 25.1. The van der Waals surface area contributed by atoms with Gasteiger partial charge in [0, 0.05) is 134 Å². The molecule has 6 aliphatic heterocycles. The van der Waals surface area contributed by atoms with Gasteiger partial charge in [0.05, 0.1) is 50.0 Å². The van der Waals surface area contributed by atoms with Crippen LogP contribution in [0.1, 0.15) is 126 Å². The van der Waals surface area contributed by atoms with Gasteiger partial charge in [-0.3, -0.25) is 34.2 Å². The number of hydrogen-bond acceptors (Lipinski definition) is 14. The van der Waals surface area contributed by atoms with Crippen molar-refractivity contribution >= 4 is 40.9 Å². The van der Waals surface area contributed by atoms with E-state index in [0.29, 0.717) is 84.3 Å². The third-order valence-corrected chi connectivity index (χ3v) is 18.6. The fourth-order valence-corrected chi connectivity index (χ4v) is 14.0. The van der Waals surface area contributed by atoms with Crippen LogP contribution in [-0.4, -0.2) is 207 Å². The highest BCUT2D eigenvalue weighted by molar-refractivity contribution is 5.95. The molecule has 6 fully saturated rings. The maximum atomic E-state index is 15.5. The predicted molar refractivity (Wildman–Crippen MR) is 317 cm³/mol. The van der Waals surface area contributed by atoms with Gasteiger partial charge in [-0.15, -0.1) is 0 Å². The lowest BCUT2D eigenvalue weighted by Gasteiger charge is -2.58. The van der Waals surface area contributed by atoms with Crippen molar-refractivity contribution in [1.82, 2.24) is 50.2 Å². The van der Waals surface area contributed by atoms with Crippen molar-refractivity contribution < 1.29 is 41.3 Å². The Morgan fingerprint density at radius 3 is 2.45 bits per heavy atom. The number of aryl methyl sites for hydroxylation is 1. The highest BCUT2D eigenvalue weighted by Gasteiger charge is 2.54. The molecule has 0 aliphatic carbocycles. The van der Waals surface area contributed by atoms with E-state index in [-0.39, 0.29) is 76.8 Å². The molecule has 19 nitrogen and oxygen atoms in total. The minimum atomic E-state index is -0.864. The third-order valence-electron chi connectivity index (χ3n) is 18.6. The van der Waals surface area contributed by atoms with Crippen LogP contribution < -0.4 is 21.0 Å². The molecule has 2 unspecified atom stereocenters. The Morgan fingerprint density at radius 1 is 1.04 bits per heavy atom. The molecule has 19 heteroatoms. The number of pyridine rings is 1. The van der Waals surface area contributed by atoms with Gasteiger partial charge in [-0.25, -0.2) is 10.2 Å². The molecule has 4 amide bonds. The number of amides is 4. The van der Waals surface area contributed by atoms with Gasteiger partial charge in [-0.1, -0.05) is 35.1 Å². The number of carbonyl (C=O) groups excluding carboxylic acids is 4. The number of aromatic nitrogens is 2. The zero-order valence-electron chi connectivity index (χ0n) is 48.9. The molecule has 6 aliphatic rings. The van der Waals surface area contributed by atoms with Gasteiger partial charge in [-0.05, 0) is 138 Å². The molecule has 8 heterocycles. The van der Waals surface area contributed by atoms with Crippen LogP contribution in [0.25, 0.3) is 22.2 Å². The number of aliphatic hydroxyl groups excluding tert-OH is 1. The molecule has 1 aromatic carbocycles. The van der Waals surface area contributed by atoms with Crippen LogP contribution >= 0.6 is 0 Å². The van der Waals surface area contributed by atoms with Crippen LogP contribution in [0, 0.1) is 22.7 Å². The van der Waals surface area contributed by atoms with E-state index in [4.69, 9.17) is 19.2 Å². The van der Waals surface area contributed by atoms with E-state index in [1.54, 1.807) is 31.1 Å². The van der Waals surface area contributed by atoms with Crippen LogP contribution in [0.5, 0.6) is 0 Å². The average molecular weight is 1120 g/mol. The first-order valence-corrected chi connectivity index (χ1v) is 29.7. The summed E-state index contributed by atoms with van der Waals surface area (Å²) >= 11 is 0. The molecular formula is C61H101N11O8. The summed E-state index contributed by atoms with van der Waals surface area (Å²) in [6, 6.07) is 7.26. The summed E-state index contributed by atoms with van der Waals surface area (Å²) in [6.45, 7) is 22.9. The van der Waals surface area contributed by atoms with Gasteiger partial charge < -0.3 is 49.2 Å². The maximum Gasteiger partial charge on any atom is 0.319 e.